The molecule has 6 nitrogen and oxygen atoms in total. The molecule has 0 aliphatic carbocycles. The van der Waals surface area contributed by atoms with Gasteiger partial charge in [-0.3, -0.25) is 14.5 Å². The Balaban J connectivity index is 1.31. The zero-order valence-corrected chi connectivity index (χ0v) is 19.1. The van der Waals surface area contributed by atoms with Gasteiger partial charge in [-0.2, -0.15) is 0 Å². The van der Waals surface area contributed by atoms with Crippen LogP contribution in [0.1, 0.15) is 42.4 Å². The molecule has 0 spiro atoms. The second-order valence-electron chi connectivity index (χ2n) is 8.95. The summed E-state index contributed by atoms with van der Waals surface area (Å²) in [4.78, 5) is 29.6. The standard InChI is InChI=1S/C26H33N3O3/c1-19-6-11-24(32-2)23(14-19)29-18-22(15-25(29)30)26(31)27-16-20-7-9-21(10-8-20)17-28-12-4-3-5-13-28/h6-11,14,22H,3-5,12-13,15-18H2,1-2H3,(H,27,31)/t22-/m1/s1. The molecule has 0 bridgehead atoms. The maximum Gasteiger partial charge on any atom is 0.227 e. The lowest BCUT2D eigenvalue weighted by molar-refractivity contribution is -0.126. The van der Waals surface area contributed by atoms with E-state index < -0.39 is 0 Å². The van der Waals surface area contributed by atoms with Gasteiger partial charge in [-0.1, -0.05) is 36.8 Å². The predicted molar refractivity (Wildman–Crippen MR) is 126 cm³/mol. The van der Waals surface area contributed by atoms with Crippen LogP contribution in [0.3, 0.4) is 0 Å². The first kappa shape index (κ1) is 22.3. The smallest absolute Gasteiger partial charge is 0.227 e. The van der Waals surface area contributed by atoms with Crippen molar-refractivity contribution in [3.63, 3.8) is 0 Å². The summed E-state index contributed by atoms with van der Waals surface area (Å²) in [5.41, 5.74) is 4.16. The van der Waals surface area contributed by atoms with E-state index in [4.69, 9.17) is 4.74 Å². The number of rotatable bonds is 7. The van der Waals surface area contributed by atoms with E-state index in [0.29, 0.717) is 18.8 Å². The van der Waals surface area contributed by atoms with Crippen molar-refractivity contribution in [1.29, 1.82) is 0 Å². The highest BCUT2D eigenvalue weighted by molar-refractivity contribution is 6.01. The predicted octanol–water partition coefficient (Wildman–Crippen LogP) is 3.66. The molecule has 170 valence electrons. The lowest BCUT2D eigenvalue weighted by Crippen LogP contribution is -2.32. The summed E-state index contributed by atoms with van der Waals surface area (Å²) < 4.78 is 5.42. The lowest BCUT2D eigenvalue weighted by Gasteiger charge is -2.26. The number of methoxy groups -OCH3 is 1. The van der Waals surface area contributed by atoms with Gasteiger partial charge in [-0.15, -0.1) is 0 Å². The van der Waals surface area contributed by atoms with E-state index >= 15 is 0 Å². The Morgan fingerprint density at radius 3 is 2.50 bits per heavy atom. The minimum atomic E-state index is -0.355. The van der Waals surface area contributed by atoms with Crippen LogP contribution < -0.4 is 15.0 Å². The van der Waals surface area contributed by atoms with Crippen LogP contribution in [0.25, 0.3) is 0 Å². The number of hydrogen-bond acceptors (Lipinski definition) is 4. The van der Waals surface area contributed by atoms with Gasteiger partial charge >= 0.3 is 0 Å². The number of anilines is 1. The summed E-state index contributed by atoms with van der Waals surface area (Å²) in [5.74, 6) is 0.168. The number of carbonyl (C=O) groups is 2. The highest BCUT2D eigenvalue weighted by Crippen LogP contribution is 2.34. The van der Waals surface area contributed by atoms with Crippen molar-refractivity contribution in [3.05, 3.63) is 59.2 Å². The normalized spacial score (nSPS) is 19.2. The molecule has 2 heterocycles. The largest absolute Gasteiger partial charge is 0.495 e. The second-order valence-corrected chi connectivity index (χ2v) is 8.95. The molecule has 0 saturated carbocycles. The van der Waals surface area contributed by atoms with Crippen LogP contribution in [0, 0.1) is 12.8 Å². The summed E-state index contributed by atoms with van der Waals surface area (Å²) in [6.45, 7) is 6.19. The highest BCUT2D eigenvalue weighted by Gasteiger charge is 2.36. The van der Waals surface area contributed by atoms with Crippen molar-refractivity contribution in [2.75, 3.05) is 31.6 Å². The molecule has 0 aromatic heterocycles. The number of aryl methyl sites for hydroxylation is 1. The Morgan fingerprint density at radius 2 is 1.78 bits per heavy atom. The zero-order chi connectivity index (χ0) is 22.5. The first-order chi connectivity index (χ1) is 15.5. The zero-order valence-electron chi connectivity index (χ0n) is 19.1. The van der Waals surface area contributed by atoms with Gasteiger partial charge in [0.2, 0.25) is 11.8 Å². The maximum atomic E-state index is 12.8. The second kappa shape index (κ2) is 10.2. The fourth-order valence-corrected chi connectivity index (χ4v) is 4.60. The number of hydrogen-bond donors (Lipinski definition) is 1. The molecule has 2 aliphatic rings. The van der Waals surface area contributed by atoms with Crippen LogP contribution in [0.15, 0.2) is 42.5 Å². The molecule has 0 radical (unpaired) electrons. The molecule has 2 aromatic carbocycles. The fourth-order valence-electron chi connectivity index (χ4n) is 4.60. The summed E-state index contributed by atoms with van der Waals surface area (Å²) in [7, 11) is 1.59. The number of likely N-dealkylation sites (tertiary alicyclic amines) is 1. The Bertz CT molecular complexity index is 951. The molecule has 1 N–H and O–H groups in total. The van der Waals surface area contributed by atoms with Crippen LogP contribution in [-0.2, 0) is 22.7 Å². The number of piperidine rings is 1. The third-order valence-electron chi connectivity index (χ3n) is 6.47. The van der Waals surface area contributed by atoms with Crippen LogP contribution >= 0.6 is 0 Å². The molecule has 32 heavy (non-hydrogen) atoms. The van der Waals surface area contributed by atoms with Gasteiger partial charge in [0.25, 0.3) is 0 Å². The van der Waals surface area contributed by atoms with Gasteiger partial charge in [-0.25, -0.2) is 0 Å². The van der Waals surface area contributed by atoms with Crippen molar-refractivity contribution in [1.82, 2.24) is 10.2 Å². The summed E-state index contributed by atoms with van der Waals surface area (Å²) in [6, 6.07) is 14.2. The van der Waals surface area contributed by atoms with Gasteiger partial charge in [0.1, 0.15) is 5.75 Å². The SMILES string of the molecule is COc1ccc(C)cc1N1C[C@H](C(=O)NCc2ccc(CN3CCCCC3)cc2)CC1=O. The summed E-state index contributed by atoms with van der Waals surface area (Å²) in [6.07, 6.45) is 4.15. The molecule has 2 aliphatic heterocycles. The maximum absolute atomic E-state index is 12.8. The number of carbonyl (C=O) groups excluding carboxylic acids is 2. The first-order valence-electron chi connectivity index (χ1n) is 11.6. The molecule has 2 fully saturated rings. The quantitative estimate of drug-likeness (QED) is 0.721. The summed E-state index contributed by atoms with van der Waals surface area (Å²) in [5, 5.41) is 3.01. The lowest BCUT2D eigenvalue weighted by atomic mass is 10.1. The molecular formula is C26H33N3O3. The monoisotopic (exact) mass is 435 g/mol. The molecule has 2 aromatic rings. The molecule has 1 atom stereocenters. The van der Waals surface area contributed by atoms with Gasteiger partial charge in [0, 0.05) is 26.1 Å². The molecule has 4 rings (SSSR count). The van der Waals surface area contributed by atoms with E-state index in [0.717, 1.165) is 23.4 Å². The van der Waals surface area contributed by atoms with Crippen LogP contribution in [0.5, 0.6) is 5.75 Å². The molecule has 0 unspecified atom stereocenters. The number of amides is 2. The average Bonchev–Trinajstić information content (AvgIpc) is 3.20. The fraction of sp³-hybridized carbons (Fsp3) is 0.462. The number of nitrogens with zero attached hydrogens (tertiary/aromatic N) is 2. The Labute approximate surface area is 190 Å². The third-order valence-corrected chi connectivity index (χ3v) is 6.47. The summed E-state index contributed by atoms with van der Waals surface area (Å²) >= 11 is 0. The van der Waals surface area contributed by atoms with Crippen molar-refractivity contribution in [3.8, 4) is 5.75 Å². The number of ether oxygens (including phenoxy) is 1. The Hall–Kier alpha value is -2.86. The van der Waals surface area contributed by atoms with E-state index in [2.05, 4.69) is 34.5 Å². The Morgan fingerprint density at radius 1 is 1.06 bits per heavy atom. The molecule has 6 heteroatoms. The molecule has 2 saturated heterocycles. The third kappa shape index (κ3) is 5.30. The van der Waals surface area contributed by atoms with Gasteiger partial charge < -0.3 is 15.0 Å². The van der Waals surface area contributed by atoms with Crippen molar-refractivity contribution in [2.45, 2.75) is 45.7 Å². The van der Waals surface area contributed by atoms with Crippen LogP contribution in [0.2, 0.25) is 0 Å². The van der Waals surface area contributed by atoms with Crippen molar-refractivity contribution >= 4 is 17.5 Å². The van der Waals surface area contributed by atoms with E-state index in [9.17, 15) is 9.59 Å². The molecule has 2 amide bonds. The van der Waals surface area contributed by atoms with E-state index in [1.54, 1.807) is 12.0 Å². The van der Waals surface area contributed by atoms with Crippen LogP contribution in [-0.4, -0.2) is 43.5 Å². The van der Waals surface area contributed by atoms with E-state index in [1.165, 1.54) is 37.9 Å². The van der Waals surface area contributed by atoms with Gasteiger partial charge in [0.15, 0.2) is 0 Å². The minimum absolute atomic E-state index is 0.0453. The minimum Gasteiger partial charge on any atom is -0.495 e. The number of nitrogens with one attached hydrogen (secondary N) is 1. The van der Waals surface area contributed by atoms with Gasteiger partial charge in [0.05, 0.1) is 18.7 Å². The average molecular weight is 436 g/mol. The van der Waals surface area contributed by atoms with Crippen molar-refractivity contribution in [2.24, 2.45) is 5.92 Å². The van der Waals surface area contributed by atoms with Gasteiger partial charge in [-0.05, 0) is 61.7 Å². The topological polar surface area (TPSA) is 61.9 Å². The Kier molecular flexibility index (Phi) is 7.10. The molecular weight excluding hydrogens is 402 g/mol. The van der Waals surface area contributed by atoms with E-state index in [-0.39, 0.29) is 24.2 Å². The number of benzene rings is 2. The highest BCUT2D eigenvalue weighted by atomic mass is 16.5. The van der Waals surface area contributed by atoms with Crippen molar-refractivity contribution < 1.29 is 14.3 Å². The van der Waals surface area contributed by atoms with Crippen LogP contribution in [0.4, 0.5) is 5.69 Å². The first-order valence-corrected chi connectivity index (χ1v) is 11.6. The van der Waals surface area contributed by atoms with E-state index in [1.807, 2.05) is 25.1 Å².